The number of likely N-dealkylation sites (tertiary alicyclic amines) is 2. The van der Waals surface area contributed by atoms with Crippen LogP contribution < -0.4 is 0 Å². The average molecular weight is 371 g/mol. The van der Waals surface area contributed by atoms with Crippen molar-refractivity contribution in [2.45, 2.75) is 50.8 Å². The summed E-state index contributed by atoms with van der Waals surface area (Å²) >= 11 is 0. The molecule has 0 saturated carbocycles. The molecular formula is C21H29N3O3. The van der Waals surface area contributed by atoms with Crippen molar-refractivity contribution in [1.82, 2.24) is 14.7 Å². The van der Waals surface area contributed by atoms with Gasteiger partial charge < -0.3 is 14.5 Å². The third kappa shape index (κ3) is 3.68. The molecule has 6 nitrogen and oxygen atoms in total. The highest BCUT2D eigenvalue weighted by Gasteiger charge is 2.47. The van der Waals surface area contributed by atoms with Gasteiger partial charge in [-0.25, -0.2) is 4.79 Å². The second-order valence-corrected chi connectivity index (χ2v) is 8.00. The van der Waals surface area contributed by atoms with Crippen molar-refractivity contribution < 1.29 is 14.3 Å². The Labute approximate surface area is 161 Å². The fourth-order valence-corrected chi connectivity index (χ4v) is 4.65. The predicted molar refractivity (Wildman–Crippen MR) is 102 cm³/mol. The normalized spacial score (nSPS) is 25.2. The summed E-state index contributed by atoms with van der Waals surface area (Å²) in [6.07, 6.45) is 3.29. The summed E-state index contributed by atoms with van der Waals surface area (Å²) in [6.45, 7) is 6.48. The molecule has 3 heterocycles. The molecule has 0 aromatic heterocycles. The molecule has 0 radical (unpaired) electrons. The van der Waals surface area contributed by atoms with Crippen LogP contribution >= 0.6 is 0 Å². The van der Waals surface area contributed by atoms with Crippen LogP contribution in [-0.2, 0) is 16.1 Å². The summed E-state index contributed by atoms with van der Waals surface area (Å²) in [7, 11) is 0. The standard InChI is InChI=1S/C21H29N3O3/c1-2-22-16-21(27-20(22)26)10-13-23(14-11-21)19(25)18-9-6-12-24(18)15-17-7-4-3-5-8-17/h3-5,7-8,18H,2,6,9-16H2,1H3/t18-/m1/s1. The number of ether oxygens (including phenoxy) is 1. The summed E-state index contributed by atoms with van der Waals surface area (Å²) in [5.41, 5.74) is 0.871. The third-order valence-corrected chi connectivity index (χ3v) is 6.29. The van der Waals surface area contributed by atoms with Crippen LogP contribution in [0, 0.1) is 0 Å². The maximum absolute atomic E-state index is 13.2. The van der Waals surface area contributed by atoms with E-state index in [4.69, 9.17) is 4.74 Å². The van der Waals surface area contributed by atoms with Gasteiger partial charge in [-0.1, -0.05) is 30.3 Å². The molecule has 0 unspecified atom stereocenters. The van der Waals surface area contributed by atoms with Gasteiger partial charge in [0.1, 0.15) is 5.60 Å². The van der Waals surface area contributed by atoms with Crippen LogP contribution in [0.25, 0.3) is 0 Å². The zero-order chi connectivity index (χ0) is 18.9. The van der Waals surface area contributed by atoms with E-state index in [-0.39, 0.29) is 23.6 Å². The topological polar surface area (TPSA) is 53.1 Å². The molecule has 3 aliphatic rings. The molecule has 1 aromatic carbocycles. The van der Waals surface area contributed by atoms with Crippen LogP contribution in [0.5, 0.6) is 0 Å². The molecule has 1 atom stereocenters. The number of carbonyl (C=O) groups excluding carboxylic acids is 2. The van der Waals surface area contributed by atoms with Gasteiger partial charge in [-0.15, -0.1) is 0 Å². The smallest absolute Gasteiger partial charge is 0.410 e. The zero-order valence-corrected chi connectivity index (χ0v) is 16.1. The Morgan fingerprint density at radius 1 is 1.19 bits per heavy atom. The van der Waals surface area contributed by atoms with E-state index in [9.17, 15) is 9.59 Å². The number of carbonyl (C=O) groups is 2. The fourth-order valence-electron chi connectivity index (χ4n) is 4.65. The first-order chi connectivity index (χ1) is 13.1. The van der Waals surface area contributed by atoms with Gasteiger partial charge in [-0.05, 0) is 31.9 Å². The van der Waals surface area contributed by atoms with Gasteiger partial charge in [-0.2, -0.15) is 0 Å². The van der Waals surface area contributed by atoms with Crippen molar-refractivity contribution in [3.05, 3.63) is 35.9 Å². The molecule has 27 heavy (non-hydrogen) atoms. The number of hydrogen-bond donors (Lipinski definition) is 0. The van der Waals surface area contributed by atoms with Crippen LogP contribution in [0.3, 0.4) is 0 Å². The lowest BCUT2D eigenvalue weighted by molar-refractivity contribution is -0.139. The molecule has 3 aliphatic heterocycles. The van der Waals surface area contributed by atoms with Crippen molar-refractivity contribution in [1.29, 1.82) is 0 Å². The van der Waals surface area contributed by atoms with Crippen molar-refractivity contribution >= 4 is 12.0 Å². The Bertz CT molecular complexity index is 685. The van der Waals surface area contributed by atoms with Gasteiger partial charge in [0, 0.05) is 39.0 Å². The summed E-state index contributed by atoms with van der Waals surface area (Å²) in [4.78, 5) is 31.2. The number of amides is 2. The van der Waals surface area contributed by atoms with E-state index in [0.29, 0.717) is 26.2 Å². The number of piperidine rings is 1. The number of nitrogens with zero attached hydrogens (tertiary/aromatic N) is 3. The highest BCUT2D eigenvalue weighted by molar-refractivity contribution is 5.82. The van der Waals surface area contributed by atoms with E-state index >= 15 is 0 Å². The van der Waals surface area contributed by atoms with Crippen molar-refractivity contribution in [2.75, 3.05) is 32.7 Å². The van der Waals surface area contributed by atoms with Crippen LogP contribution in [-0.4, -0.2) is 71.1 Å². The minimum atomic E-state index is -0.386. The predicted octanol–water partition coefficient (Wildman–Crippen LogP) is 2.48. The van der Waals surface area contributed by atoms with Crippen LogP contribution in [0.4, 0.5) is 4.79 Å². The van der Waals surface area contributed by atoms with Crippen LogP contribution in [0.15, 0.2) is 30.3 Å². The Kier molecular flexibility index (Phi) is 5.08. The lowest BCUT2D eigenvalue weighted by atomic mass is 9.91. The van der Waals surface area contributed by atoms with Gasteiger partial charge in [0.25, 0.3) is 0 Å². The van der Waals surface area contributed by atoms with Crippen molar-refractivity contribution in [2.24, 2.45) is 0 Å². The summed E-state index contributed by atoms with van der Waals surface area (Å²) in [6, 6.07) is 10.4. The first-order valence-corrected chi connectivity index (χ1v) is 10.1. The van der Waals surface area contributed by atoms with Gasteiger partial charge in [0.05, 0.1) is 12.6 Å². The van der Waals surface area contributed by atoms with Gasteiger partial charge >= 0.3 is 6.09 Å². The van der Waals surface area contributed by atoms with E-state index < -0.39 is 0 Å². The van der Waals surface area contributed by atoms with Crippen molar-refractivity contribution in [3.63, 3.8) is 0 Å². The Morgan fingerprint density at radius 2 is 1.93 bits per heavy atom. The molecule has 4 rings (SSSR count). The fraction of sp³-hybridized carbons (Fsp3) is 0.619. The second-order valence-electron chi connectivity index (χ2n) is 8.00. The first kappa shape index (κ1) is 18.3. The van der Waals surface area contributed by atoms with Gasteiger partial charge in [0.2, 0.25) is 5.91 Å². The monoisotopic (exact) mass is 371 g/mol. The first-order valence-electron chi connectivity index (χ1n) is 10.1. The van der Waals surface area contributed by atoms with Gasteiger partial charge in [-0.3, -0.25) is 9.69 Å². The molecule has 146 valence electrons. The van der Waals surface area contributed by atoms with E-state index in [1.165, 1.54) is 5.56 Å². The van der Waals surface area contributed by atoms with Crippen LogP contribution in [0.2, 0.25) is 0 Å². The van der Waals surface area contributed by atoms with Gasteiger partial charge in [0.15, 0.2) is 0 Å². The lowest BCUT2D eigenvalue weighted by Gasteiger charge is -2.39. The Hall–Kier alpha value is -2.08. The maximum atomic E-state index is 13.2. The van der Waals surface area contributed by atoms with E-state index in [1.807, 2.05) is 17.9 Å². The van der Waals surface area contributed by atoms with E-state index in [2.05, 4.69) is 29.2 Å². The largest absolute Gasteiger partial charge is 0.441 e. The minimum absolute atomic E-state index is 0.0162. The van der Waals surface area contributed by atoms with E-state index in [1.54, 1.807) is 4.90 Å². The molecule has 1 aromatic rings. The Morgan fingerprint density at radius 3 is 2.59 bits per heavy atom. The number of likely N-dealkylation sites (N-methyl/N-ethyl adjacent to an activating group) is 1. The van der Waals surface area contributed by atoms with Crippen LogP contribution in [0.1, 0.15) is 38.2 Å². The second kappa shape index (κ2) is 7.50. The molecule has 0 N–H and O–H groups in total. The average Bonchev–Trinajstić information content (AvgIpc) is 3.27. The molecular weight excluding hydrogens is 342 g/mol. The molecule has 0 bridgehead atoms. The summed E-state index contributed by atoms with van der Waals surface area (Å²) in [5, 5.41) is 0. The molecule has 6 heteroatoms. The quantitative estimate of drug-likeness (QED) is 0.816. The highest BCUT2D eigenvalue weighted by Crippen LogP contribution is 2.34. The maximum Gasteiger partial charge on any atom is 0.410 e. The zero-order valence-electron chi connectivity index (χ0n) is 16.1. The van der Waals surface area contributed by atoms with Crippen molar-refractivity contribution in [3.8, 4) is 0 Å². The summed E-state index contributed by atoms with van der Waals surface area (Å²) < 4.78 is 5.69. The van der Waals surface area contributed by atoms with E-state index in [0.717, 1.165) is 38.8 Å². The molecule has 2 amide bonds. The number of benzene rings is 1. The number of hydrogen-bond acceptors (Lipinski definition) is 4. The molecule has 0 aliphatic carbocycles. The minimum Gasteiger partial charge on any atom is -0.441 e. The SMILES string of the molecule is CCN1CC2(CCN(C(=O)[C@H]3CCCN3Cc3ccccc3)CC2)OC1=O. The molecule has 3 fully saturated rings. The highest BCUT2D eigenvalue weighted by atomic mass is 16.6. The number of rotatable bonds is 4. The Balaban J connectivity index is 1.35. The lowest BCUT2D eigenvalue weighted by Crippen LogP contribution is -2.53. The molecule has 1 spiro atoms. The summed E-state index contributed by atoms with van der Waals surface area (Å²) in [5.74, 6) is 0.245. The molecule has 3 saturated heterocycles. The third-order valence-electron chi connectivity index (χ3n) is 6.29.